The van der Waals surface area contributed by atoms with E-state index in [2.05, 4.69) is 6.92 Å². The van der Waals surface area contributed by atoms with Gasteiger partial charge in [0.15, 0.2) is 0 Å². The molecule has 4 heteroatoms. The summed E-state index contributed by atoms with van der Waals surface area (Å²) in [5.41, 5.74) is 0.186. The molecule has 4 nitrogen and oxygen atoms in total. The Morgan fingerprint density at radius 1 is 1.47 bits per heavy atom. The van der Waals surface area contributed by atoms with Gasteiger partial charge in [-0.05, 0) is 37.5 Å². The molecular formula is C13H17NO3. The lowest BCUT2D eigenvalue weighted by Crippen LogP contribution is -2.35. The lowest BCUT2D eigenvalue weighted by Gasteiger charge is -2.24. The average Bonchev–Trinajstić information content (AvgIpc) is 2.79. The summed E-state index contributed by atoms with van der Waals surface area (Å²) >= 11 is 0. The smallest absolute Gasteiger partial charge is 0.257 e. The van der Waals surface area contributed by atoms with Gasteiger partial charge in [0.25, 0.3) is 5.91 Å². The summed E-state index contributed by atoms with van der Waals surface area (Å²) in [5, 5.41) is 19.0. The van der Waals surface area contributed by atoms with Crippen LogP contribution in [-0.2, 0) is 0 Å². The molecule has 0 aromatic heterocycles. The van der Waals surface area contributed by atoms with Gasteiger partial charge in [-0.1, -0.05) is 6.92 Å². The van der Waals surface area contributed by atoms with Gasteiger partial charge in [0.2, 0.25) is 0 Å². The molecule has 1 aromatic carbocycles. The van der Waals surface area contributed by atoms with E-state index in [1.165, 1.54) is 18.2 Å². The fourth-order valence-corrected chi connectivity index (χ4v) is 2.38. The predicted molar refractivity (Wildman–Crippen MR) is 64.1 cm³/mol. The number of carbonyl (C=O) groups is 1. The summed E-state index contributed by atoms with van der Waals surface area (Å²) in [6.07, 6.45) is 2.94. The van der Waals surface area contributed by atoms with Crippen molar-refractivity contribution in [2.45, 2.75) is 32.2 Å². The average molecular weight is 235 g/mol. The van der Waals surface area contributed by atoms with Gasteiger partial charge in [-0.15, -0.1) is 0 Å². The molecule has 2 N–H and O–H groups in total. The van der Waals surface area contributed by atoms with Crippen LogP contribution < -0.4 is 0 Å². The monoisotopic (exact) mass is 235 g/mol. The number of hydrogen-bond acceptors (Lipinski definition) is 3. The fraction of sp³-hybridized carbons (Fsp3) is 0.462. The van der Waals surface area contributed by atoms with Crippen LogP contribution in [0.5, 0.6) is 11.5 Å². The van der Waals surface area contributed by atoms with E-state index in [1.807, 2.05) is 0 Å². The lowest BCUT2D eigenvalue weighted by atomic mass is 10.1. The Kier molecular flexibility index (Phi) is 3.22. The number of benzene rings is 1. The molecule has 0 saturated carbocycles. The zero-order chi connectivity index (χ0) is 12.4. The third-order valence-corrected chi connectivity index (χ3v) is 3.32. The van der Waals surface area contributed by atoms with Gasteiger partial charge in [0.1, 0.15) is 11.5 Å². The minimum Gasteiger partial charge on any atom is -0.508 e. The van der Waals surface area contributed by atoms with Crippen molar-refractivity contribution in [1.82, 2.24) is 4.90 Å². The number of nitrogens with zero attached hydrogens (tertiary/aromatic N) is 1. The summed E-state index contributed by atoms with van der Waals surface area (Å²) in [5.74, 6) is -0.268. The van der Waals surface area contributed by atoms with E-state index in [4.69, 9.17) is 0 Å². The number of aromatic hydroxyl groups is 2. The van der Waals surface area contributed by atoms with Gasteiger partial charge in [-0.2, -0.15) is 0 Å². The van der Waals surface area contributed by atoms with E-state index in [0.29, 0.717) is 0 Å². The second kappa shape index (κ2) is 4.65. The van der Waals surface area contributed by atoms with E-state index in [0.717, 1.165) is 25.8 Å². The van der Waals surface area contributed by atoms with Crippen molar-refractivity contribution in [3.63, 3.8) is 0 Å². The first kappa shape index (κ1) is 11.8. The van der Waals surface area contributed by atoms with Crippen LogP contribution in [0.1, 0.15) is 36.5 Å². The van der Waals surface area contributed by atoms with Crippen molar-refractivity contribution in [2.24, 2.45) is 0 Å². The first-order chi connectivity index (χ1) is 8.13. The topological polar surface area (TPSA) is 60.8 Å². The molecule has 1 heterocycles. The third-order valence-electron chi connectivity index (χ3n) is 3.32. The molecular weight excluding hydrogens is 218 g/mol. The highest BCUT2D eigenvalue weighted by Gasteiger charge is 2.29. The van der Waals surface area contributed by atoms with Gasteiger partial charge in [-0.25, -0.2) is 0 Å². The standard InChI is InChI=1S/C13H17NO3/c1-2-9-4-3-7-14(9)13(17)11-8-10(15)5-6-12(11)16/h5-6,8-9,15-16H,2-4,7H2,1H3. The number of phenols is 2. The molecule has 2 rings (SSSR count). The first-order valence-corrected chi connectivity index (χ1v) is 5.96. The summed E-state index contributed by atoms with van der Waals surface area (Å²) in [6, 6.07) is 4.29. The Morgan fingerprint density at radius 2 is 2.24 bits per heavy atom. The van der Waals surface area contributed by atoms with Crippen LogP contribution in [0.4, 0.5) is 0 Å². The van der Waals surface area contributed by atoms with E-state index in [-0.39, 0.29) is 29.0 Å². The van der Waals surface area contributed by atoms with Crippen molar-refractivity contribution < 1.29 is 15.0 Å². The van der Waals surface area contributed by atoms with Gasteiger partial charge >= 0.3 is 0 Å². The maximum absolute atomic E-state index is 12.2. The molecule has 1 fully saturated rings. The Bertz CT molecular complexity index is 431. The Labute approximate surface area is 100 Å². The summed E-state index contributed by atoms with van der Waals surface area (Å²) in [7, 11) is 0. The highest BCUT2D eigenvalue weighted by molar-refractivity contribution is 5.97. The summed E-state index contributed by atoms with van der Waals surface area (Å²) < 4.78 is 0. The van der Waals surface area contributed by atoms with Crippen LogP contribution in [0.15, 0.2) is 18.2 Å². The quantitative estimate of drug-likeness (QED) is 0.772. The number of phenolic OH excluding ortho intramolecular Hbond substituents is 2. The summed E-state index contributed by atoms with van der Waals surface area (Å²) in [6.45, 7) is 2.78. The Balaban J connectivity index is 2.27. The molecule has 0 bridgehead atoms. The molecule has 0 radical (unpaired) electrons. The zero-order valence-corrected chi connectivity index (χ0v) is 9.89. The molecule has 1 aliphatic heterocycles. The van der Waals surface area contributed by atoms with Gasteiger partial charge in [0.05, 0.1) is 5.56 Å². The number of rotatable bonds is 2. The largest absolute Gasteiger partial charge is 0.508 e. The van der Waals surface area contributed by atoms with E-state index in [9.17, 15) is 15.0 Å². The molecule has 1 saturated heterocycles. The molecule has 1 aromatic rings. The van der Waals surface area contributed by atoms with Crippen LogP contribution in [0.25, 0.3) is 0 Å². The molecule has 0 aliphatic carbocycles. The highest BCUT2D eigenvalue weighted by Crippen LogP contribution is 2.28. The minimum atomic E-state index is -0.192. The molecule has 17 heavy (non-hydrogen) atoms. The summed E-state index contributed by atoms with van der Waals surface area (Å²) in [4.78, 5) is 14.0. The number of hydrogen-bond donors (Lipinski definition) is 2. The maximum atomic E-state index is 12.2. The van der Waals surface area contributed by atoms with E-state index in [1.54, 1.807) is 4.90 Å². The lowest BCUT2D eigenvalue weighted by molar-refractivity contribution is 0.0730. The van der Waals surface area contributed by atoms with Crippen LogP contribution in [-0.4, -0.2) is 33.6 Å². The third kappa shape index (κ3) is 2.20. The van der Waals surface area contributed by atoms with Crippen LogP contribution >= 0.6 is 0 Å². The molecule has 1 atom stereocenters. The SMILES string of the molecule is CCC1CCCN1C(=O)c1cc(O)ccc1O. The van der Waals surface area contributed by atoms with E-state index < -0.39 is 0 Å². The number of amides is 1. The highest BCUT2D eigenvalue weighted by atomic mass is 16.3. The zero-order valence-electron chi connectivity index (χ0n) is 9.89. The number of carbonyl (C=O) groups excluding carboxylic acids is 1. The van der Waals surface area contributed by atoms with Crippen LogP contribution in [0.2, 0.25) is 0 Å². The molecule has 0 spiro atoms. The second-order valence-corrected chi connectivity index (χ2v) is 4.40. The maximum Gasteiger partial charge on any atom is 0.257 e. The first-order valence-electron chi connectivity index (χ1n) is 5.96. The van der Waals surface area contributed by atoms with E-state index >= 15 is 0 Å². The van der Waals surface area contributed by atoms with Crippen molar-refractivity contribution in [3.05, 3.63) is 23.8 Å². The molecule has 1 unspecified atom stereocenters. The molecule has 1 aliphatic rings. The molecule has 1 amide bonds. The minimum absolute atomic E-state index is 0.00149. The predicted octanol–water partition coefficient (Wildman–Crippen LogP) is 2.11. The fourth-order valence-electron chi connectivity index (χ4n) is 2.38. The van der Waals surface area contributed by atoms with Gasteiger partial charge in [0, 0.05) is 12.6 Å². The van der Waals surface area contributed by atoms with Crippen molar-refractivity contribution >= 4 is 5.91 Å². The van der Waals surface area contributed by atoms with Crippen LogP contribution in [0, 0.1) is 0 Å². The second-order valence-electron chi connectivity index (χ2n) is 4.40. The Hall–Kier alpha value is -1.71. The normalized spacial score (nSPS) is 19.6. The number of likely N-dealkylation sites (tertiary alicyclic amines) is 1. The van der Waals surface area contributed by atoms with Crippen LogP contribution in [0.3, 0.4) is 0 Å². The van der Waals surface area contributed by atoms with Gasteiger partial charge < -0.3 is 15.1 Å². The van der Waals surface area contributed by atoms with Gasteiger partial charge in [-0.3, -0.25) is 4.79 Å². The van der Waals surface area contributed by atoms with Crippen molar-refractivity contribution in [2.75, 3.05) is 6.54 Å². The van der Waals surface area contributed by atoms with Crippen molar-refractivity contribution in [1.29, 1.82) is 0 Å². The van der Waals surface area contributed by atoms with Crippen molar-refractivity contribution in [3.8, 4) is 11.5 Å². The Morgan fingerprint density at radius 3 is 2.94 bits per heavy atom. The molecule has 92 valence electrons.